The smallest absolute Gasteiger partial charge is 0.208 e. The first-order chi connectivity index (χ1) is 10.6. The fourth-order valence-corrected chi connectivity index (χ4v) is 3.65. The van der Waals surface area contributed by atoms with Crippen LogP contribution in [-0.2, 0) is 6.54 Å². The number of halogens is 1. The maximum absolute atomic E-state index is 6.25. The van der Waals surface area contributed by atoms with E-state index in [-0.39, 0.29) is 0 Å². The molecule has 0 amide bonds. The highest BCUT2D eigenvalue weighted by Gasteiger charge is 2.21. The molecule has 0 saturated carbocycles. The molecule has 2 aromatic rings. The standard InChI is InChI=1S/C16H21ClN4S/c1-12(2)15-18-19-16(22-15)21-9-7-20(8-10-21)11-13-5-3-4-6-14(13)17/h3-6,12H,7-11H2,1-2H3. The molecule has 0 aliphatic carbocycles. The van der Waals surface area contributed by atoms with Crippen LogP contribution in [0.4, 0.5) is 5.13 Å². The topological polar surface area (TPSA) is 32.3 Å². The molecule has 3 rings (SSSR count). The van der Waals surface area contributed by atoms with Gasteiger partial charge in [0, 0.05) is 43.7 Å². The Bertz CT molecular complexity index is 620. The summed E-state index contributed by atoms with van der Waals surface area (Å²) in [5.74, 6) is 0.452. The summed E-state index contributed by atoms with van der Waals surface area (Å²) in [6, 6.07) is 8.09. The molecule has 118 valence electrons. The number of hydrogen-bond acceptors (Lipinski definition) is 5. The van der Waals surface area contributed by atoms with Gasteiger partial charge in [-0.05, 0) is 11.6 Å². The second-order valence-corrected chi connectivity index (χ2v) is 7.33. The molecule has 22 heavy (non-hydrogen) atoms. The molecule has 1 aliphatic rings. The summed E-state index contributed by atoms with van der Waals surface area (Å²) >= 11 is 7.97. The second-order valence-electron chi connectivity index (χ2n) is 5.93. The number of aromatic nitrogens is 2. The molecule has 1 aliphatic heterocycles. The SMILES string of the molecule is CC(C)c1nnc(N2CCN(Cc3ccccc3Cl)CC2)s1. The maximum atomic E-state index is 6.25. The van der Waals surface area contributed by atoms with E-state index in [2.05, 4.69) is 39.9 Å². The molecule has 1 saturated heterocycles. The molecule has 1 fully saturated rings. The second kappa shape index (κ2) is 6.94. The van der Waals surface area contributed by atoms with Crippen LogP contribution in [0.25, 0.3) is 0 Å². The Kier molecular flexibility index (Phi) is 4.96. The highest BCUT2D eigenvalue weighted by molar-refractivity contribution is 7.15. The van der Waals surface area contributed by atoms with Crippen molar-refractivity contribution in [1.82, 2.24) is 15.1 Å². The minimum absolute atomic E-state index is 0.452. The van der Waals surface area contributed by atoms with Crippen molar-refractivity contribution in [3.8, 4) is 0 Å². The molecule has 0 N–H and O–H groups in total. The summed E-state index contributed by atoms with van der Waals surface area (Å²) in [4.78, 5) is 4.79. The van der Waals surface area contributed by atoms with Gasteiger partial charge in [-0.2, -0.15) is 0 Å². The zero-order chi connectivity index (χ0) is 15.5. The highest BCUT2D eigenvalue weighted by atomic mass is 35.5. The van der Waals surface area contributed by atoms with Crippen LogP contribution in [0.1, 0.15) is 30.3 Å². The minimum Gasteiger partial charge on any atom is -0.344 e. The van der Waals surface area contributed by atoms with E-state index in [9.17, 15) is 0 Å². The van der Waals surface area contributed by atoms with Gasteiger partial charge in [0.15, 0.2) is 0 Å². The van der Waals surface area contributed by atoms with Gasteiger partial charge >= 0.3 is 0 Å². The summed E-state index contributed by atoms with van der Waals surface area (Å²) in [7, 11) is 0. The van der Waals surface area contributed by atoms with Gasteiger partial charge in [0.1, 0.15) is 5.01 Å². The van der Waals surface area contributed by atoms with Gasteiger partial charge in [0.05, 0.1) is 0 Å². The Hall–Kier alpha value is -1.17. The fraction of sp³-hybridized carbons (Fsp3) is 0.500. The van der Waals surface area contributed by atoms with Gasteiger partial charge in [0.2, 0.25) is 5.13 Å². The van der Waals surface area contributed by atoms with Gasteiger partial charge in [-0.15, -0.1) is 10.2 Å². The summed E-state index contributed by atoms with van der Waals surface area (Å²) < 4.78 is 0. The summed E-state index contributed by atoms with van der Waals surface area (Å²) in [5.41, 5.74) is 1.20. The Labute approximate surface area is 140 Å². The molecule has 0 spiro atoms. The van der Waals surface area contributed by atoms with E-state index in [4.69, 9.17) is 11.6 Å². The van der Waals surface area contributed by atoms with Crippen LogP contribution < -0.4 is 4.90 Å². The third-order valence-electron chi connectivity index (χ3n) is 3.92. The van der Waals surface area contributed by atoms with Crippen molar-refractivity contribution in [3.63, 3.8) is 0 Å². The average molecular weight is 337 g/mol. The molecule has 4 nitrogen and oxygen atoms in total. The van der Waals surface area contributed by atoms with Gasteiger partial charge in [0.25, 0.3) is 0 Å². The molecule has 2 heterocycles. The van der Waals surface area contributed by atoms with Gasteiger partial charge in [-0.25, -0.2) is 0 Å². The molecule has 1 aromatic heterocycles. The summed E-state index contributed by atoms with van der Waals surface area (Å²) in [6.07, 6.45) is 0. The third kappa shape index (κ3) is 3.59. The monoisotopic (exact) mass is 336 g/mol. The number of nitrogens with zero attached hydrogens (tertiary/aromatic N) is 4. The van der Waals surface area contributed by atoms with Crippen molar-refractivity contribution in [3.05, 3.63) is 39.9 Å². The van der Waals surface area contributed by atoms with E-state index in [1.165, 1.54) is 5.56 Å². The number of piperazine rings is 1. The van der Waals surface area contributed by atoms with Crippen LogP contribution in [0.5, 0.6) is 0 Å². The van der Waals surface area contributed by atoms with Gasteiger partial charge in [-0.3, -0.25) is 4.90 Å². The predicted octanol–water partition coefficient (Wildman–Crippen LogP) is 3.64. The molecule has 0 radical (unpaired) electrons. The Balaban J connectivity index is 1.57. The summed E-state index contributed by atoms with van der Waals surface area (Å²) in [6.45, 7) is 9.29. The molecule has 0 bridgehead atoms. The van der Waals surface area contributed by atoms with Crippen LogP contribution >= 0.6 is 22.9 Å². The van der Waals surface area contributed by atoms with Crippen molar-refractivity contribution in [1.29, 1.82) is 0 Å². The van der Waals surface area contributed by atoms with Crippen molar-refractivity contribution in [2.24, 2.45) is 0 Å². The molecule has 0 atom stereocenters. The first-order valence-corrected chi connectivity index (χ1v) is 8.87. The van der Waals surface area contributed by atoms with E-state index in [0.717, 1.165) is 47.9 Å². The molecule has 6 heteroatoms. The normalized spacial score (nSPS) is 16.5. The van der Waals surface area contributed by atoms with Crippen molar-refractivity contribution in [2.75, 3.05) is 31.1 Å². The Morgan fingerprint density at radius 1 is 1.14 bits per heavy atom. The molecular weight excluding hydrogens is 316 g/mol. The van der Waals surface area contributed by atoms with Crippen molar-refractivity contribution < 1.29 is 0 Å². The molecule has 0 unspecified atom stereocenters. The Morgan fingerprint density at radius 3 is 2.50 bits per heavy atom. The quantitative estimate of drug-likeness (QED) is 0.853. The first kappa shape index (κ1) is 15.7. The van der Waals surface area contributed by atoms with E-state index < -0.39 is 0 Å². The molecular formula is C16H21ClN4S. The van der Waals surface area contributed by atoms with Crippen LogP contribution in [0.2, 0.25) is 5.02 Å². The van der Waals surface area contributed by atoms with Gasteiger partial charge < -0.3 is 4.90 Å². The zero-order valence-electron chi connectivity index (χ0n) is 13.0. The number of hydrogen-bond donors (Lipinski definition) is 0. The highest BCUT2D eigenvalue weighted by Crippen LogP contribution is 2.26. The number of benzene rings is 1. The van der Waals surface area contributed by atoms with Crippen LogP contribution in [0, 0.1) is 0 Å². The van der Waals surface area contributed by atoms with Gasteiger partial charge in [-0.1, -0.05) is 55.0 Å². The van der Waals surface area contributed by atoms with Crippen LogP contribution in [0.15, 0.2) is 24.3 Å². The van der Waals surface area contributed by atoms with E-state index in [1.54, 1.807) is 11.3 Å². The van der Waals surface area contributed by atoms with E-state index >= 15 is 0 Å². The third-order valence-corrected chi connectivity index (χ3v) is 5.57. The van der Waals surface area contributed by atoms with Crippen LogP contribution in [0.3, 0.4) is 0 Å². The number of rotatable bonds is 4. The lowest BCUT2D eigenvalue weighted by Crippen LogP contribution is -2.46. The zero-order valence-corrected chi connectivity index (χ0v) is 14.6. The minimum atomic E-state index is 0.452. The lowest BCUT2D eigenvalue weighted by Gasteiger charge is -2.34. The molecule has 1 aromatic carbocycles. The van der Waals surface area contributed by atoms with E-state index in [1.807, 2.05) is 18.2 Å². The lowest BCUT2D eigenvalue weighted by molar-refractivity contribution is 0.250. The van der Waals surface area contributed by atoms with Crippen molar-refractivity contribution >= 4 is 28.1 Å². The number of anilines is 1. The van der Waals surface area contributed by atoms with Crippen LogP contribution in [-0.4, -0.2) is 41.3 Å². The average Bonchev–Trinajstić information content (AvgIpc) is 3.00. The fourth-order valence-electron chi connectivity index (χ4n) is 2.55. The predicted molar refractivity (Wildman–Crippen MR) is 92.9 cm³/mol. The Morgan fingerprint density at radius 2 is 1.86 bits per heavy atom. The largest absolute Gasteiger partial charge is 0.344 e. The summed E-state index contributed by atoms with van der Waals surface area (Å²) in [5, 5.41) is 11.7. The first-order valence-electron chi connectivity index (χ1n) is 7.67. The lowest BCUT2D eigenvalue weighted by atomic mass is 10.2. The van der Waals surface area contributed by atoms with Crippen molar-refractivity contribution in [2.45, 2.75) is 26.3 Å². The maximum Gasteiger partial charge on any atom is 0.208 e. The van der Waals surface area contributed by atoms with E-state index in [0.29, 0.717) is 5.92 Å².